The fourth-order valence-electron chi connectivity index (χ4n) is 5.08. The quantitative estimate of drug-likeness (QED) is 0.252. The van der Waals surface area contributed by atoms with Gasteiger partial charge in [-0.1, -0.05) is 105 Å². The molecule has 5 rings (SSSR count). The number of aldehydes is 1. The number of halogens is 1. The first-order valence-electron chi connectivity index (χ1n) is 15.1. The molecular formula is C38H46BrN3O. The molecule has 2 heterocycles. The summed E-state index contributed by atoms with van der Waals surface area (Å²) in [6.45, 7) is 12.9. The molecule has 0 radical (unpaired) electrons. The third kappa shape index (κ3) is 10.3. The Balaban J connectivity index is 0.000000188. The molecule has 0 unspecified atom stereocenters. The Kier molecular flexibility index (Phi) is 13.9. The average Bonchev–Trinajstić information content (AvgIpc) is 3.04. The summed E-state index contributed by atoms with van der Waals surface area (Å²) in [4.78, 5) is 20.0. The molecule has 2 aliphatic rings. The van der Waals surface area contributed by atoms with Crippen molar-refractivity contribution in [3.8, 4) is 0 Å². The zero-order chi connectivity index (χ0) is 31.2. The molecular weight excluding hydrogens is 594 g/mol. The summed E-state index contributed by atoms with van der Waals surface area (Å²) in [5.41, 5.74) is 7.62. The standard InChI is InChI=1S/C16H17BrN2.C14H12O.C8H17N/c1-5-14(17)16-18-15(10-12(3)19(16)4)13-9-7-6-8-11(13)2;15-11-14-9-5-4-8-13(14)10-12-6-2-1-3-7-12;1-3-8-4-6-9(2)7-5-8/h5-10H,1H2,2-4H3;1-9,11H,10H2;8H,3-7H2,1-2H3/b16-14+;;. The van der Waals surface area contributed by atoms with Gasteiger partial charge in [0.25, 0.3) is 0 Å². The number of rotatable bonds is 6. The van der Waals surface area contributed by atoms with Crippen LogP contribution in [0.4, 0.5) is 0 Å². The number of hydrogen-bond acceptors (Lipinski definition) is 4. The zero-order valence-corrected chi connectivity index (χ0v) is 28.0. The lowest BCUT2D eigenvalue weighted by Crippen LogP contribution is -2.29. The molecule has 0 N–H and O–H groups in total. The van der Waals surface area contributed by atoms with Crippen molar-refractivity contribution in [3.05, 3.63) is 141 Å². The van der Waals surface area contributed by atoms with Gasteiger partial charge < -0.3 is 9.80 Å². The summed E-state index contributed by atoms with van der Waals surface area (Å²) >= 11 is 3.51. The first kappa shape index (κ1) is 34.0. The Bertz CT molecular complexity index is 1430. The van der Waals surface area contributed by atoms with E-state index in [0.29, 0.717) is 0 Å². The van der Waals surface area contributed by atoms with Crippen LogP contribution in [0.1, 0.15) is 65.7 Å². The lowest BCUT2D eigenvalue weighted by atomic mass is 9.95. The number of aliphatic imine (C=N–C) groups is 1. The molecule has 3 aromatic carbocycles. The lowest BCUT2D eigenvalue weighted by Gasteiger charge is -2.27. The molecule has 0 amide bonds. The monoisotopic (exact) mass is 639 g/mol. The van der Waals surface area contributed by atoms with Crippen molar-refractivity contribution < 1.29 is 4.79 Å². The van der Waals surface area contributed by atoms with Gasteiger partial charge in [-0.15, -0.1) is 0 Å². The van der Waals surface area contributed by atoms with Gasteiger partial charge in [0.1, 0.15) is 12.1 Å². The molecule has 4 nitrogen and oxygen atoms in total. The van der Waals surface area contributed by atoms with Gasteiger partial charge in [0.15, 0.2) is 0 Å². The van der Waals surface area contributed by atoms with Crippen LogP contribution in [0.15, 0.2) is 119 Å². The van der Waals surface area contributed by atoms with Gasteiger partial charge in [0.2, 0.25) is 0 Å². The SMILES string of the molecule is C=C/C(Br)=C1/N=C(c2ccccc2C)C=C(C)N1C.CCC1CCN(C)CC1.O=Cc1ccccc1Cc1ccccc1. The average molecular weight is 641 g/mol. The van der Waals surface area contributed by atoms with E-state index in [1.54, 1.807) is 6.08 Å². The summed E-state index contributed by atoms with van der Waals surface area (Å²) in [5.74, 6) is 1.91. The number of carbonyl (C=O) groups is 1. The third-order valence-electron chi connectivity index (χ3n) is 8.07. The lowest BCUT2D eigenvalue weighted by molar-refractivity contribution is 0.112. The highest BCUT2D eigenvalue weighted by molar-refractivity contribution is 9.11. The molecule has 43 heavy (non-hydrogen) atoms. The normalized spacial score (nSPS) is 16.5. The number of allylic oxidation sites excluding steroid dienone is 4. The topological polar surface area (TPSA) is 35.9 Å². The van der Waals surface area contributed by atoms with E-state index in [1.807, 2.05) is 66.5 Å². The van der Waals surface area contributed by atoms with Crippen LogP contribution in [-0.2, 0) is 6.42 Å². The zero-order valence-electron chi connectivity index (χ0n) is 26.4. The molecule has 226 valence electrons. The fourth-order valence-corrected chi connectivity index (χ4v) is 5.44. The first-order chi connectivity index (χ1) is 20.8. The number of piperidine rings is 1. The van der Waals surface area contributed by atoms with Crippen LogP contribution in [0.3, 0.4) is 0 Å². The van der Waals surface area contributed by atoms with E-state index in [1.165, 1.54) is 43.5 Å². The fraction of sp³-hybridized carbons (Fsp3) is 0.316. The summed E-state index contributed by atoms with van der Waals surface area (Å²) in [6, 6.07) is 26.1. The Labute approximate surface area is 267 Å². The molecule has 5 heteroatoms. The van der Waals surface area contributed by atoms with Crippen molar-refractivity contribution in [2.75, 3.05) is 27.2 Å². The minimum atomic E-state index is 0.779. The Hall–Kier alpha value is -3.54. The highest BCUT2D eigenvalue weighted by Gasteiger charge is 2.17. The van der Waals surface area contributed by atoms with Gasteiger partial charge in [-0.2, -0.15) is 0 Å². The number of hydrogen-bond donors (Lipinski definition) is 0. The molecule has 0 spiro atoms. The summed E-state index contributed by atoms with van der Waals surface area (Å²) in [5, 5.41) is 0. The predicted molar refractivity (Wildman–Crippen MR) is 187 cm³/mol. The largest absolute Gasteiger partial charge is 0.332 e. The molecule has 0 aromatic heterocycles. The van der Waals surface area contributed by atoms with Crippen molar-refractivity contribution in [3.63, 3.8) is 0 Å². The molecule has 0 saturated carbocycles. The van der Waals surface area contributed by atoms with Crippen LogP contribution in [0.5, 0.6) is 0 Å². The molecule has 0 bridgehead atoms. The van der Waals surface area contributed by atoms with Gasteiger partial charge in [0, 0.05) is 23.9 Å². The first-order valence-corrected chi connectivity index (χ1v) is 15.9. The second-order valence-corrected chi connectivity index (χ2v) is 12.0. The molecule has 1 saturated heterocycles. The van der Waals surface area contributed by atoms with Crippen molar-refractivity contribution in [2.24, 2.45) is 10.9 Å². The number of likely N-dealkylation sites (tertiary alicyclic amines) is 1. The van der Waals surface area contributed by atoms with Crippen LogP contribution in [-0.4, -0.2) is 49.0 Å². The van der Waals surface area contributed by atoms with Crippen molar-refractivity contribution in [1.82, 2.24) is 9.80 Å². The van der Waals surface area contributed by atoms with Crippen LogP contribution in [0.2, 0.25) is 0 Å². The molecule has 0 aliphatic carbocycles. The van der Waals surface area contributed by atoms with Crippen LogP contribution in [0.25, 0.3) is 0 Å². The van der Waals surface area contributed by atoms with Crippen LogP contribution >= 0.6 is 15.9 Å². The van der Waals surface area contributed by atoms with Gasteiger partial charge >= 0.3 is 0 Å². The smallest absolute Gasteiger partial charge is 0.150 e. The highest BCUT2D eigenvalue weighted by atomic mass is 79.9. The molecule has 0 atom stereocenters. The third-order valence-corrected chi connectivity index (χ3v) is 8.75. The van der Waals surface area contributed by atoms with Crippen LogP contribution in [0, 0.1) is 12.8 Å². The second-order valence-electron chi connectivity index (χ2n) is 11.2. The Morgan fingerprint density at radius 2 is 1.58 bits per heavy atom. The maximum atomic E-state index is 10.8. The van der Waals surface area contributed by atoms with E-state index < -0.39 is 0 Å². The van der Waals surface area contributed by atoms with Crippen molar-refractivity contribution >= 4 is 27.9 Å². The maximum absolute atomic E-state index is 10.8. The second kappa shape index (κ2) is 17.5. The summed E-state index contributed by atoms with van der Waals surface area (Å²) < 4.78 is 0.897. The Morgan fingerprint density at radius 3 is 2.21 bits per heavy atom. The van der Waals surface area contributed by atoms with Crippen LogP contribution < -0.4 is 0 Å². The molecule has 1 fully saturated rings. The number of carbonyl (C=O) groups excluding carboxylic acids is 1. The minimum absolute atomic E-state index is 0.779. The number of aryl methyl sites for hydroxylation is 1. The molecule has 3 aromatic rings. The van der Waals surface area contributed by atoms with Gasteiger partial charge in [-0.3, -0.25) is 4.79 Å². The van der Waals surface area contributed by atoms with Gasteiger partial charge in [-0.25, -0.2) is 4.99 Å². The van der Waals surface area contributed by atoms with E-state index in [2.05, 4.69) is 85.6 Å². The number of benzene rings is 3. The maximum Gasteiger partial charge on any atom is 0.150 e. The molecule has 2 aliphatic heterocycles. The highest BCUT2D eigenvalue weighted by Crippen LogP contribution is 2.26. The Morgan fingerprint density at radius 1 is 0.953 bits per heavy atom. The van der Waals surface area contributed by atoms with E-state index in [4.69, 9.17) is 4.99 Å². The van der Waals surface area contributed by atoms with Crippen molar-refractivity contribution in [2.45, 2.75) is 46.5 Å². The summed E-state index contributed by atoms with van der Waals surface area (Å²) in [7, 11) is 4.22. The predicted octanol–water partition coefficient (Wildman–Crippen LogP) is 9.21. The summed E-state index contributed by atoms with van der Waals surface area (Å²) in [6.07, 6.45) is 9.83. The minimum Gasteiger partial charge on any atom is -0.332 e. The van der Waals surface area contributed by atoms with Crippen molar-refractivity contribution in [1.29, 1.82) is 0 Å². The van der Waals surface area contributed by atoms with Gasteiger partial charge in [-0.05, 0) is 97.9 Å². The van der Waals surface area contributed by atoms with Gasteiger partial charge in [0.05, 0.1) is 10.2 Å². The van der Waals surface area contributed by atoms with E-state index in [9.17, 15) is 4.79 Å². The van der Waals surface area contributed by atoms with E-state index >= 15 is 0 Å². The number of nitrogens with zero attached hydrogens (tertiary/aromatic N) is 3. The van der Waals surface area contributed by atoms with E-state index in [0.717, 1.165) is 57.0 Å². The van der Waals surface area contributed by atoms with E-state index in [-0.39, 0.29) is 0 Å².